The van der Waals surface area contributed by atoms with Gasteiger partial charge in [-0.1, -0.05) is 6.07 Å². The Kier molecular flexibility index (Phi) is 4.93. The number of amides is 1. The second kappa shape index (κ2) is 6.69. The fourth-order valence-electron chi connectivity index (χ4n) is 2.23. The van der Waals surface area contributed by atoms with Crippen LogP contribution >= 0.6 is 0 Å². The maximum Gasteiger partial charge on any atom is 0.308 e. The molecule has 6 heteroatoms. The number of aliphatic hydroxyl groups is 1. The molecule has 1 amide bonds. The van der Waals surface area contributed by atoms with Crippen molar-refractivity contribution in [3.8, 4) is 5.75 Å². The topological polar surface area (TPSA) is 84.9 Å². The zero-order valence-electron chi connectivity index (χ0n) is 12.1. The molecule has 6 nitrogen and oxygen atoms in total. The van der Waals surface area contributed by atoms with Gasteiger partial charge in [0.25, 0.3) is 5.91 Å². The molecule has 0 bridgehead atoms. The standard InChI is InChI=1S/C15H19NO5/c1-9-12(4-3-5-14(9)21-10(2)17)15(19)16-6-11-7-20-8-13(11)18/h3-5,11,13,18H,6-8H2,1-2H3,(H,16,19)/t11-,13-/m0/s1. The average Bonchev–Trinajstić information content (AvgIpc) is 2.83. The van der Waals surface area contributed by atoms with E-state index in [1.807, 2.05) is 0 Å². The minimum absolute atomic E-state index is 0.0918. The van der Waals surface area contributed by atoms with Gasteiger partial charge in [0.05, 0.1) is 19.3 Å². The number of hydrogen-bond donors (Lipinski definition) is 2. The summed E-state index contributed by atoms with van der Waals surface area (Å²) in [5, 5.41) is 12.4. The van der Waals surface area contributed by atoms with E-state index in [2.05, 4.69) is 5.32 Å². The van der Waals surface area contributed by atoms with Crippen LogP contribution in [0, 0.1) is 12.8 Å². The SMILES string of the molecule is CC(=O)Oc1cccc(C(=O)NC[C@H]2COC[C@@H]2O)c1C. The fraction of sp³-hybridized carbons (Fsp3) is 0.467. The second-order valence-corrected chi connectivity index (χ2v) is 5.10. The Morgan fingerprint density at radius 3 is 2.81 bits per heavy atom. The molecule has 1 aliphatic heterocycles. The van der Waals surface area contributed by atoms with E-state index >= 15 is 0 Å². The van der Waals surface area contributed by atoms with Gasteiger partial charge < -0.3 is 19.9 Å². The number of nitrogens with one attached hydrogen (secondary N) is 1. The molecule has 2 N–H and O–H groups in total. The van der Waals surface area contributed by atoms with E-state index in [1.54, 1.807) is 25.1 Å². The molecular weight excluding hydrogens is 274 g/mol. The van der Waals surface area contributed by atoms with Crippen LogP contribution in [-0.4, -0.2) is 42.8 Å². The highest BCUT2D eigenvalue weighted by Crippen LogP contribution is 2.21. The summed E-state index contributed by atoms with van der Waals surface area (Å²) in [6.07, 6.45) is -0.543. The summed E-state index contributed by atoms with van der Waals surface area (Å²) >= 11 is 0. The Bertz CT molecular complexity index is 543. The van der Waals surface area contributed by atoms with Gasteiger partial charge in [0.1, 0.15) is 5.75 Å². The summed E-state index contributed by atoms with van der Waals surface area (Å²) in [4.78, 5) is 23.2. The summed E-state index contributed by atoms with van der Waals surface area (Å²) in [5.74, 6) is -0.409. The van der Waals surface area contributed by atoms with Gasteiger partial charge in [-0.2, -0.15) is 0 Å². The van der Waals surface area contributed by atoms with E-state index in [1.165, 1.54) is 6.92 Å². The van der Waals surface area contributed by atoms with E-state index in [4.69, 9.17) is 9.47 Å². The minimum Gasteiger partial charge on any atom is -0.426 e. The van der Waals surface area contributed by atoms with E-state index in [9.17, 15) is 14.7 Å². The van der Waals surface area contributed by atoms with Gasteiger partial charge in [0.2, 0.25) is 0 Å². The summed E-state index contributed by atoms with van der Waals surface area (Å²) in [6.45, 7) is 4.13. The summed E-state index contributed by atoms with van der Waals surface area (Å²) < 4.78 is 10.2. The molecule has 0 spiro atoms. The molecule has 1 aromatic rings. The van der Waals surface area contributed by atoms with Crippen LogP contribution in [0.2, 0.25) is 0 Å². The highest BCUT2D eigenvalue weighted by Gasteiger charge is 2.26. The molecule has 0 saturated carbocycles. The Labute approximate surface area is 123 Å². The number of ether oxygens (including phenoxy) is 2. The molecule has 2 rings (SSSR count). The third-order valence-corrected chi connectivity index (χ3v) is 3.47. The van der Waals surface area contributed by atoms with E-state index < -0.39 is 12.1 Å². The second-order valence-electron chi connectivity index (χ2n) is 5.10. The minimum atomic E-state index is -0.543. The Morgan fingerprint density at radius 2 is 2.19 bits per heavy atom. The van der Waals surface area contributed by atoms with Crippen LogP contribution in [0.3, 0.4) is 0 Å². The normalized spacial score (nSPS) is 21.1. The first-order valence-electron chi connectivity index (χ1n) is 6.81. The maximum atomic E-state index is 12.2. The van der Waals surface area contributed by atoms with Crippen molar-refractivity contribution >= 4 is 11.9 Å². The lowest BCUT2D eigenvalue weighted by molar-refractivity contribution is -0.131. The van der Waals surface area contributed by atoms with Gasteiger partial charge in [-0.3, -0.25) is 9.59 Å². The number of rotatable bonds is 4. The van der Waals surface area contributed by atoms with Crippen LogP contribution in [0.4, 0.5) is 0 Å². The quantitative estimate of drug-likeness (QED) is 0.629. The Hall–Kier alpha value is -1.92. The summed E-state index contributed by atoms with van der Waals surface area (Å²) in [6, 6.07) is 4.97. The molecule has 1 aliphatic rings. The van der Waals surface area contributed by atoms with Crippen molar-refractivity contribution < 1.29 is 24.2 Å². The first-order valence-corrected chi connectivity index (χ1v) is 6.81. The zero-order chi connectivity index (χ0) is 15.4. The van der Waals surface area contributed by atoms with Crippen LogP contribution in [0.25, 0.3) is 0 Å². The van der Waals surface area contributed by atoms with E-state index in [-0.39, 0.29) is 11.8 Å². The predicted molar refractivity (Wildman–Crippen MR) is 75.1 cm³/mol. The third-order valence-electron chi connectivity index (χ3n) is 3.47. The molecule has 1 fully saturated rings. The molecule has 0 aromatic heterocycles. The summed E-state index contributed by atoms with van der Waals surface area (Å²) in [7, 11) is 0. The number of esters is 1. The van der Waals surface area contributed by atoms with Gasteiger partial charge >= 0.3 is 5.97 Å². The number of aliphatic hydroxyl groups excluding tert-OH is 1. The first kappa shape index (κ1) is 15.5. The number of hydrogen-bond acceptors (Lipinski definition) is 5. The monoisotopic (exact) mass is 293 g/mol. The maximum absolute atomic E-state index is 12.2. The van der Waals surface area contributed by atoms with Crippen LogP contribution < -0.4 is 10.1 Å². The molecule has 114 valence electrons. The molecular formula is C15H19NO5. The van der Waals surface area contributed by atoms with Gasteiger partial charge in [-0.15, -0.1) is 0 Å². The van der Waals surface area contributed by atoms with E-state index in [0.29, 0.717) is 36.6 Å². The lowest BCUT2D eigenvalue weighted by Gasteiger charge is -2.15. The van der Waals surface area contributed by atoms with Crippen molar-refractivity contribution in [1.29, 1.82) is 0 Å². The molecule has 0 aliphatic carbocycles. The van der Waals surface area contributed by atoms with Crippen molar-refractivity contribution in [3.05, 3.63) is 29.3 Å². The lowest BCUT2D eigenvalue weighted by atomic mass is 10.0. The molecule has 2 atom stereocenters. The third kappa shape index (κ3) is 3.80. The molecule has 0 unspecified atom stereocenters. The molecule has 21 heavy (non-hydrogen) atoms. The molecule has 1 aromatic carbocycles. The van der Waals surface area contributed by atoms with Crippen molar-refractivity contribution in [1.82, 2.24) is 5.32 Å². The highest BCUT2D eigenvalue weighted by atomic mass is 16.5. The zero-order valence-corrected chi connectivity index (χ0v) is 12.1. The predicted octanol–water partition coefficient (Wildman–Crippen LogP) is 0.657. The van der Waals surface area contributed by atoms with Crippen LogP contribution in [-0.2, 0) is 9.53 Å². The largest absolute Gasteiger partial charge is 0.426 e. The van der Waals surface area contributed by atoms with Gasteiger partial charge in [-0.05, 0) is 19.1 Å². The van der Waals surface area contributed by atoms with E-state index in [0.717, 1.165) is 0 Å². The van der Waals surface area contributed by atoms with Crippen LogP contribution in [0.15, 0.2) is 18.2 Å². The summed E-state index contributed by atoms with van der Waals surface area (Å²) in [5.41, 5.74) is 1.05. The number of benzene rings is 1. The first-order chi connectivity index (χ1) is 9.99. The van der Waals surface area contributed by atoms with Crippen molar-refractivity contribution in [2.24, 2.45) is 5.92 Å². The Balaban J connectivity index is 2.03. The number of carbonyl (C=O) groups excluding carboxylic acids is 2. The van der Waals surface area contributed by atoms with Crippen molar-refractivity contribution in [2.75, 3.05) is 19.8 Å². The van der Waals surface area contributed by atoms with Gasteiger partial charge in [-0.25, -0.2) is 0 Å². The fourth-order valence-corrected chi connectivity index (χ4v) is 2.23. The Morgan fingerprint density at radius 1 is 1.43 bits per heavy atom. The molecule has 1 saturated heterocycles. The highest BCUT2D eigenvalue weighted by molar-refractivity contribution is 5.96. The van der Waals surface area contributed by atoms with Gasteiger partial charge in [0, 0.05) is 30.5 Å². The average molecular weight is 293 g/mol. The smallest absolute Gasteiger partial charge is 0.308 e. The van der Waals surface area contributed by atoms with Gasteiger partial charge in [0.15, 0.2) is 0 Å². The lowest BCUT2D eigenvalue weighted by Crippen LogP contribution is -2.34. The molecule has 0 radical (unpaired) electrons. The van der Waals surface area contributed by atoms with Crippen molar-refractivity contribution in [2.45, 2.75) is 20.0 Å². The van der Waals surface area contributed by atoms with Crippen LogP contribution in [0.1, 0.15) is 22.8 Å². The van der Waals surface area contributed by atoms with Crippen molar-refractivity contribution in [3.63, 3.8) is 0 Å². The van der Waals surface area contributed by atoms with Crippen LogP contribution in [0.5, 0.6) is 5.75 Å². The molecule has 1 heterocycles. The number of carbonyl (C=O) groups is 2.